The number of hydrogen-bond donors (Lipinski definition) is 1. The molecule has 0 aliphatic heterocycles. The summed E-state index contributed by atoms with van der Waals surface area (Å²) >= 11 is 0. The van der Waals surface area contributed by atoms with Crippen LogP contribution in [-0.4, -0.2) is 15.9 Å². The Labute approximate surface area is 298 Å². The third-order valence-corrected chi connectivity index (χ3v) is 9.27. The van der Waals surface area contributed by atoms with Crippen LogP contribution >= 0.6 is 0 Å². The Bertz CT molecular complexity index is 2000. The summed E-state index contributed by atoms with van der Waals surface area (Å²) in [5.74, 6) is 1.08. The summed E-state index contributed by atoms with van der Waals surface area (Å²) in [5.41, 5.74) is 8.30. The van der Waals surface area contributed by atoms with Crippen molar-refractivity contribution >= 4 is 38.6 Å². The van der Waals surface area contributed by atoms with Gasteiger partial charge in [0.25, 0.3) is 0 Å². The Hall–Kier alpha value is -4.05. The summed E-state index contributed by atoms with van der Waals surface area (Å²) in [4.78, 5) is 16.7. The molecule has 1 N–H and O–H groups in total. The molecule has 6 rings (SSSR count). The van der Waals surface area contributed by atoms with Crippen LogP contribution in [0.5, 0.6) is 0 Å². The number of hydrogen-bond acceptors (Lipinski definition) is 4. The van der Waals surface area contributed by atoms with E-state index in [4.69, 9.17) is 9.40 Å². The van der Waals surface area contributed by atoms with Crippen molar-refractivity contribution in [2.45, 2.75) is 73.1 Å². The van der Waals surface area contributed by atoms with Crippen LogP contribution in [0.4, 0.5) is 0 Å². The van der Waals surface area contributed by atoms with Crippen LogP contribution < -0.4 is 0 Å². The van der Waals surface area contributed by atoms with Crippen molar-refractivity contribution in [3.05, 3.63) is 114 Å². The van der Waals surface area contributed by atoms with Gasteiger partial charge < -0.3 is 9.52 Å². The molecule has 2 aromatic heterocycles. The van der Waals surface area contributed by atoms with Gasteiger partial charge in [-0.3, -0.25) is 9.78 Å². The average molecular weight is 817 g/mol. The van der Waals surface area contributed by atoms with Crippen molar-refractivity contribution in [1.82, 2.24) is 4.98 Å². The van der Waals surface area contributed by atoms with Crippen molar-refractivity contribution in [3.8, 4) is 22.4 Å². The number of aliphatic hydroxyl groups excluding tert-OH is 1. The minimum absolute atomic E-state index is 0. The molecule has 5 heteroatoms. The van der Waals surface area contributed by atoms with Gasteiger partial charge in [-0.15, -0.1) is 17.7 Å². The quantitative estimate of drug-likeness (QED) is 0.0850. The van der Waals surface area contributed by atoms with Gasteiger partial charge in [0.05, 0.1) is 16.9 Å². The monoisotopic (exact) mass is 817 g/mol. The van der Waals surface area contributed by atoms with E-state index in [-0.39, 0.29) is 43.5 Å². The van der Waals surface area contributed by atoms with Gasteiger partial charge in [0, 0.05) is 38.0 Å². The first-order chi connectivity index (χ1) is 22.8. The maximum Gasteiger partial charge on any atom is 0.162 e. The number of pyridine rings is 1. The Morgan fingerprint density at radius 1 is 0.792 bits per heavy atom. The second-order valence-corrected chi connectivity index (χ2v) is 12.6. The smallest absolute Gasteiger partial charge is 0.162 e. The fourth-order valence-electron chi connectivity index (χ4n) is 6.10. The van der Waals surface area contributed by atoms with Crippen LogP contribution in [0.15, 0.2) is 107 Å². The van der Waals surface area contributed by atoms with Crippen molar-refractivity contribution < 1.29 is 34.4 Å². The zero-order chi connectivity index (χ0) is 33.5. The summed E-state index contributed by atoms with van der Waals surface area (Å²) in [6.07, 6.45) is 4.91. The maximum absolute atomic E-state index is 11.7. The molecule has 4 nitrogen and oxygen atoms in total. The molecular formula is C43H46IrNO3-. The molecule has 0 bridgehead atoms. The van der Waals surface area contributed by atoms with Gasteiger partial charge in [0.15, 0.2) is 5.78 Å². The largest absolute Gasteiger partial charge is 0.512 e. The third kappa shape index (κ3) is 8.32. The number of rotatable bonds is 10. The Kier molecular flexibility index (Phi) is 12.9. The first-order valence-electron chi connectivity index (χ1n) is 17.0. The van der Waals surface area contributed by atoms with E-state index in [2.05, 4.69) is 80.6 Å². The number of furan rings is 1. The van der Waals surface area contributed by atoms with Gasteiger partial charge in [-0.05, 0) is 76.9 Å². The van der Waals surface area contributed by atoms with E-state index in [1.165, 1.54) is 22.8 Å². The minimum Gasteiger partial charge on any atom is -0.512 e. The number of benzene rings is 4. The predicted molar refractivity (Wildman–Crippen MR) is 197 cm³/mol. The second kappa shape index (κ2) is 16.9. The molecule has 0 aliphatic rings. The first kappa shape index (κ1) is 36.8. The van der Waals surface area contributed by atoms with E-state index in [1.54, 1.807) is 0 Å². The number of aromatic nitrogens is 1. The summed E-state index contributed by atoms with van der Waals surface area (Å²) in [7, 11) is 0. The van der Waals surface area contributed by atoms with Crippen LogP contribution in [0.3, 0.4) is 0 Å². The van der Waals surface area contributed by atoms with E-state index in [0.29, 0.717) is 5.92 Å². The number of aliphatic hydroxyl groups is 1. The summed E-state index contributed by atoms with van der Waals surface area (Å²) in [5, 5.41) is 13.1. The standard InChI is InChI=1S/C30H22NO.C13H24O2.Ir/c1-19(2)20-7-9-21(10-8-20)23-12-11-22-14-16-27(31-28(22)17-23)24-13-15-26-25-5-3-4-6-29(25)32-30(26)18-24;1-5-10(6-2)12(14)9-13(15)11(7-3)8-4;/h3-12,14-19H,1-2H3;9-11,14H,5-8H2,1-4H3;/q-1;;/b;12-9-;. The van der Waals surface area contributed by atoms with Gasteiger partial charge in [0.2, 0.25) is 0 Å². The zero-order valence-corrected chi connectivity index (χ0v) is 31.2. The number of allylic oxidation sites excluding steroid dienone is 2. The molecule has 0 spiro atoms. The first-order valence-corrected chi connectivity index (χ1v) is 17.0. The molecular weight excluding hydrogens is 771 g/mol. The van der Waals surface area contributed by atoms with E-state index >= 15 is 0 Å². The van der Waals surface area contributed by atoms with Gasteiger partial charge in [-0.25, -0.2) is 0 Å². The summed E-state index contributed by atoms with van der Waals surface area (Å²) in [6, 6.07) is 35.0. The van der Waals surface area contributed by atoms with Crippen LogP contribution in [0.1, 0.15) is 78.7 Å². The Balaban J connectivity index is 0.000000279. The Morgan fingerprint density at radius 2 is 1.44 bits per heavy atom. The molecule has 4 aromatic carbocycles. The van der Waals surface area contributed by atoms with Gasteiger partial charge >= 0.3 is 0 Å². The number of carbonyl (C=O) groups excluding carboxylic acids is 1. The molecule has 1 radical (unpaired) electrons. The number of nitrogens with zero attached hydrogens (tertiary/aromatic N) is 1. The molecule has 0 atom stereocenters. The van der Waals surface area contributed by atoms with E-state index in [9.17, 15) is 9.90 Å². The fourth-order valence-corrected chi connectivity index (χ4v) is 6.10. The Morgan fingerprint density at radius 3 is 2.10 bits per heavy atom. The average Bonchev–Trinajstić information content (AvgIpc) is 3.47. The maximum atomic E-state index is 11.7. The molecule has 0 aliphatic carbocycles. The number of fused-ring (bicyclic) bond motifs is 4. The van der Waals surface area contributed by atoms with Crippen molar-refractivity contribution in [2.75, 3.05) is 0 Å². The van der Waals surface area contributed by atoms with E-state index < -0.39 is 0 Å². The van der Waals surface area contributed by atoms with Crippen molar-refractivity contribution in [1.29, 1.82) is 0 Å². The minimum atomic E-state index is 0. The van der Waals surface area contributed by atoms with Crippen LogP contribution in [0, 0.1) is 17.9 Å². The number of carbonyl (C=O) groups is 1. The number of ketones is 1. The number of para-hydroxylation sites is 1. The van der Waals surface area contributed by atoms with Gasteiger partial charge in [0.1, 0.15) is 5.58 Å². The molecule has 0 fully saturated rings. The normalized spacial score (nSPS) is 11.7. The SMILES string of the molecule is CC(C)c1ccc(-c2ccc3ccc(-c4[c-]cc5c(c4)oc4ccccc45)nc3c2)cc1.CCC(CC)C(=O)/C=C(\O)C(CC)CC.[Ir]. The van der Waals surface area contributed by atoms with E-state index in [1.807, 2.05) is 58.0 Å². The third-order valence-electron chi connectivity index (χ3n) is 9.27. The molecule has 2 heterocycles. The molecule has 0 amide bonds. The summed E-state index contributed by atoms with van der Waals surface area (Å²) < 4.78 is 6.06. The zero-order valence-electron chi connectivity index (χ0n) is 28.8. The van der Waals surface area contributed by atoms with Crippen LogP contribution in [0.2, 0.25) is 0 Å². The molecule has 0 saturated carbocycles. The van der Waals surface area contributed by atoms with Gasteiger partial charge in [-0.2, -0.15) is 0 Å². The van der Waals surface area contributed by atoms with E-state index in [0.717, 1.165) is 69.8 Å². The molecule has 6 aromatic rings. The predicted octanol–water partition coefficient (Wildman–Crippen LogP) is 12.3. The fraction of sp³-hybridized carbons (Fsp3) is 0.302. The van der Waals surface area contributed by atoms with Crippen molar-refractivity contribution in [2.24, 2.45) is 11.8 Å². The van der Waals surface area contributed by atoms with Crippen molar-refractivity contribution in [3.63, 3.8) is 0 Å². The van der Waals surface area contributed by atoms with Crippen LogP contribution in [-0.2, 0) is 24.9 Å². The van der Waals surface area contributed by atoms with Gasteiger partial charge in [-0.1, -0.05) is 120 Å². The molecule has 48 heavy (non-hydrogen) atoms. The molecule has 251 valence electrons. The summed E-state index contributed by atoms with van der Waals surface area (Å²) in [6.45, 7) is 12.5. The second-order valence-electron chi connectivity index (χ2n) is 12.6. The molecule has 0 unspecified atom stereocenters. The topological polar surface area (TPSA) is 63.3 Å². The van der Waals surface area contributed by atoms with Crippen LogP contribution in [0.25, 0.3) is 55.2 Å². The molecule has 0 saturated heterocycles.